The van der Waals surface area contributed by atoms with E-state index in [1.807, 2.05) is 30.5 Å². The lowest BCUT2D eigenvalue weighted by Gasteiger charge is -2.01. The highest BCUT2D eigenvalue weighted by molar-refractivity contribution is 9.10. The summed E-state index contributed by atoms with van der Waals surface area (Å²) in [6.45, 7) is 3.71. The number of benzene rings is 1. The molecule has 0 spiro atoms. The van der Waals surface area contributed by atoms with Gasteiger partial charge in [-0.25, -0.2) is 4.98 Å². The summed E-state index contributed by atoms with van der Waals surface area (Å²) in [5, 5.41) is 0. The number of hydrogen-bond acceptors (Lipinski definition) is 2. The highest BCUT2D eigenvalue weighted by atomic mass is 79.9. The fraction of sp³-hybridized carbons (Fsp3) is 0.333. The van der Waals surface area contributed by atoms with E-state index in [2.05, 4.69) is 27.8 Å². The lowest BCUT2D eigenvalue weighted by atomic mass is 10.2. The smallest absolute Gasteiger partial charge is 0.228 e. The Labute approximate surface area is 121 Å². The molecule has 0 atom stereocenters. The van der Waals surface area contributed by atoms with Gasteiger partial charge in [0.1, 0.15) is 5.82 Å². The molecule has 19 heavy (non-hydrogen) atoms. The van der Waals surface area contributed by atoms with E-state index >= 15 is 0 Å². The number of hydrogen-bond donors (Lipinski definition) is 0. The van der Waals surface area contributed by atoms with Crippen molar-refractivity contribution in [1.29, 1.82) is 0 Å². The molecule has 0 saturated heterocycles. The van der Waals surface area contributed by atoms with Crippen LogP contribution in [0.4, 0.5) is 0 Å². The number of imidazole rings is 1. The van der Waals surface area contributed by atoms with E-state index in [1.54, 1.807) is 11.5 Å². The summed E-state index contributed by atoms with van der Waals surface area (Å²) in [5.41, 5.74) is 1.86. The quantitative estimate of drug-likeness (QED) is 0.841. The van der Waals surface area contributed by atoms with E-state index in [4.69, 9.17) is 0 Å². The number of halogens is 1. The first-order chi connectivity index (χ1) is 9.13. The molecule has 0 unspecified atom stereocenters. The number of aryl methyl sites for hydroxylation is 1. The van der Waals surface area contributed by atoms with E-state index < -0.39 is 0 Å². The number of nitrogens with zero attached hydrogens (tertiary/aromatic N) is 2. The molecule has 1 aromatic carbocycles. The van der Waals surface area contributed by atoms with Crippen molar-refractivity contribution in [1.82, 2.24) is 9.55 Å². The number of aromatic nitrogens is 2. The van der Waals surface area contributed by atoms with E-state index in [9.17, 15) is 4.79 Å². The summed E-state index contributed by atoms with van der Waals surface area (Å²) >= 11 is 3.52. The van der Waals surface area contributed by atoms with Gasteiger partial charge in [-0.2, -0.15) is 0 Å². The molecule has 0 aliphatic rings. The largest absolute Gasteiger partial charge is 0.274 e. The van der Waals surface area contributed by atoms with Crippen molar-refractivity contribution in [2.75, 3.05) is 0 Å². The molecule has 0 aliphatic heterocycles. The highest BCUT2D eigenvalue weighted by Crippen LogP contribution is 2.27. The van der Waals surface area contributed by atoms with Crippen molar-refractivity contribution in [3.8, 4) is 11.3 Å². The highest BCUT2D eigenvalue weighted by Gasteiger charge is 2.13. The molecule has 0 N–H and O–H groups in total. The van der Waals surface area contributed by atoms with Gasteiger partial charge in [-0.3, -0.25) is 9.36 Å². The van der Waals surface area contributed by atoms with Crippen LogP contribution in [0.3, 0.4) is 0 Å². The molecule has 100 valence electrons. The first-order valence-electron chi connectivity index (χ1n) is 6.47. The molecular formula is C15H17BrN2O. The third-order valence-corrected chi connectivity index (χ3v) is 3.71. The first kappa shape index (κ1) is 14.0. The average molecular weight is 321 g/mol. The van der Waals surface area contributed by atoms with E-state index in [1.165, 1.54) is 0 Å². The molecule has 1 heterocycles. The van der Waals surface area contributed by atoms with Crippen molar-refractivity contribution >= 4 is 21.8 Å². The van der Waals surface area contributed by atoms with Crippen molar-refractivity contribution in [2.24, 2.45) is 0 Å². The van der Waals surface area contributed by atoms with E-state index in [0.717, 1.165) is 40.8 Å². The van der Waals surface area contributed by atoms with Crippen LogP contribution in [0.25, 0.3) is 11.3 Å². The molecule has 0 saturated carbocycles. The predicted octanol–water partition coefficient (Wildman–Crippen LogP) is 4.32. The van der Waals surface area contributed by atoms with Crippen LogP contribution in [-0.4, -0.2) is 15.5 Å². The first-order valence-corrected chi connectivity index (χ1v) is 7.27. The van der Waals surface area contributed by atoms with Gasteiger partial charge in [0.15, 0.2) is 0 Å². The van der Waals surface area contributed by atoms with E-state index in [0.29, 0.717) is 0 Å². The number of unbranched alkanes of at least 4 members (excludes halogenated alkanes) is 1. The predicted molar refractivity (Wildman–Crippen MR) is 80.3 cm³/mol. The summed E-state index contributed by atoms with van der Waals surface area (Å²) in [4.78, 5) is 16.3. The molecule has 0 aliphatic carbocycles. The summed E-state index contributed by atoms with van der Waals surface area (Å²) < 4.78 is 2.65. The van der Waals surface area contributed by atoms with Crippen LogP contribution in [0.5, 0.6) is 0 Å². The molecule has 0 amide bonds. The zero-order valence-corrected chi connectivity index (χ0v) is 12.8. The van der Waals surface area contributed by atoms with Gasteiger partial charge in [-0.05, 0) is 12.5 Å². The number of carbonyl (C=O) groups excluding carboxylic acids is 1. The van der Waals surface area contributed by atoms with Gasteiger partial charge in [-0.1, -0.05) is 47.5 Å². The van der Waals surface area contributed by atoms with Crippen LogP contribution in [0, 0.1) is 0 Å². The zero-order chi connectivity index (χ0) is 13.8. The molecule has 3 nitrogen and oxygen atoms in total. The summed E-state index contributed by atoms with van der Waals surface area (Å²) in [6.07, 6.45) is 4.79. The molecule has 0 bridgehead atoms. The Morgan fingerprint density at radius 1 is 1.37 bits per heavy atom. The molecule has 2 rings (SSSR count). The Hall–Kier alpha value is -1.42. The fourth-order valence-corrected chi connectivity index (χ4v) is 2.49. The van der Waals surface area contributed by atoms with Crippen LogP contribution >= 0.6 is 15.9 Å². The minimum absolute atomic E-state index is 0.0110. The van der Waals surface area contributed by atoms with Gasteiger partial charge in [0, 0.05) is 29.6 Å². The van der Waals surface area contributed by atoms with Gasteiger partial charge < -0.3 is 0 Å². The lowest BCUT2D eigenvalue weighted by molar-refractivity contribution is 0.0933. The Morgan fingerprint density at radius 3 is 2.74 bits per heavy atom. The lowest BCUT2D eigenvalue weighted by Crippen LogP contribution is -2.09. The van der Waals surface area contributed by atoms with Gasteiger partial charge in [-0.15, -0.1) is 0 Å². The van der Waals surface area contributed by atoms with Crippen LogP contribution in [-0.2, 0) is 6.42 Å². The van der Waals surface area contributed by atoms with Crippen LogP contribution in [0.1, 0.15) is 37.3 Å². The Bertz CT molecular complexity index is 590. The molecule has 4 heteroatoms. The summed E-state index contributed by atoms with van der Waals surface area (Å²) in [7, 11) is 0. The fourth-order valence-electron chi connectivity index (χ4n) is 2.00. The monoisotopic (exact) mass is 320 g/mol. The second kappa shape index (κ2) is 6.15. The molecule has 2 aromatic rings. The Balaban J connectivity index is 2.43. The van der Waals surface area contributed by atoms with Crippen LogP contribution in [0.15, 0.2) is 34.9 Å². The Kier molecular flexibility index (Phi) is 4.53. The molecule has 1 aromatic heterocycles. The molecule has 0 fully saturated rings. The number of carbonyl (C=O) groups is 1. The maximum absolute atomic E-state index is 11.7. The van der Waals surface area contributed by atoms with Crippen molar-refractivity contribution in [2.45, 2.75) is 33.1 Å². The molecule has 0 radical (unpaired) electrons. The van der Waals surface area contributed by atoms with Crippen LogP contribution < -0.4 is 0 Å². The standard InChI is InChI=1S/C15H17BrN2O/c1-3-4-9-15-17-14(10-18(15)11(2)19)12-7-5-6-8-13(12)16/h5-8,10H,3-4,9H2,1-2H3. The van der Waals surface area contributed by atoms with Crippen molar-refractivity contribution in [3.05, 3.63) is 40.8 Å². The van der Waals surface area contributed by atoms with E-state index in [-0.39, 0.29) is 5.91 Å². The number of rotatable bonds is 4. The van der Waals surface area contributed by atoms with Crippen molar-refractivity contribution < 1.29 is 4.79 Å². The topological polar surface area (TPSA) is 34.9 Å². The maximum atomic E-state index is 11.7. The van der Waals surface area contributed by atoms with Crippen LogP contribution in [0.2, 0.25) is 0 Å². The van der Waals surface area contributed by atoms with Gasteiger partial charge in [0.25, 0.3) is 0 Å². The molecular weight excluding hydrogens is 304 g/mol. The summed E-state index contributed by atoms with van der Waals surface area (Å²) in [5.74, 6) is 0.858. The Morgan fingerprint density at radius 2 is 2.11 bits per heavy atom. The third-order valence-electron chi connectivity index (χ3n) is 3.02. The second-order valence-corrected chi connectivity index (χ2v) is 5.37. The minimum atomic E-state index is 0.0110. The average Bonchev–Trinajstić information content (AvgIpc) is 2.81. The summed E-state index contributed by atoms with van der Waals surface area (Å²) in [6, 6.07) is 7.92. The van der Waals surface area contributed by atoms with Gasteiger partial charge in [0.05, 0.1) is 5.69 Å². The maximum Gasteiger partial charge on any atom is 0.228 e. The second-order valence-electron chi connectivity index (χ2n) is 4.51. The SMILES string of the molecule is CCCCc1nc(-c2ccccc2Br)cn1C(C)=O. The van der Waals surface area contributed by atoms with Crippen molar-refractivity contribution in [3.63, 3.8) is 0 Å². The third kappa shape index (κ3) is 3.13. The zero-order valence-electron chi connectivity index (χ0n) is 11.2. The minimum Gasteiger partial charge on any atom is -0.274 e. The van der Waals surface area contributed by atoms with Gasteiger partial charge >= 0.3 is 0 Å². The van der Waals surface area contributed by atoms with Gasteiger partial charge in [0.2, 0.25) is 5.91 Å². The normalized spacial score (nSPS) is 10.7.